The standard InChI is InChI=1S/C19H27N3O3S/c1-13(2)16(14-7-6-12-26-14)20-15(23)8-5-11-22-17(24)19(21-18(22)25)9-3-4-10-19/h6-7,12-13,16H,3-5,8-11H2,1-2H3,(H,20,23)(H,21,25). The van der Waals surface area contributed by atoms with E-state index in [1.807, 2.05) is 17.5 Å². The van der Waals surface area contributed by atoms with Crippen LogP contribution < -0.4 is 10.6 Å². The van der Waals surface area contributed by atoms with E-state index in [1.165, 1.54) is 4.90 Å². The van der Waals surface area contributed by atoms with Crippen LogP contribution in [0.15, 0.2) is 17.5 Å². The molecule has 2 aliphatic rings. The first-order valence-corrected chi connectivity index (χ1v) is 10.3. The van der Waals surface area contributed by atoms with Crippen molar-refractivity contribution in [3.63, 3.8) is 0 Å². The molecule has 1 aromatic rings. The molecule has 1 aliphatic carbocycles. The number of imide groups is 1. The van der Waals surface area contributed by atoms with Crippen LogP contribution in [0.5, 0.6) is 0 Å². The minimum absolute atomic E-state index is 0.000903. The van der Waals surface area contributed by atoms with E-state index in [2.05, 4.69) is 24.5 Å². The second-order valence-electron chi connectivity index (χ2n) is 7.58. The fraction of sp³-hybridized carbons (Fsp3) is 0.632. The van der Waals surface area contributed by atoms with Crippen LogP contribution in [0.25, 0.3) is 0 Å². The SMILES string of the molecule is CC(C)C(NC(=O)CCCN1C(=O)NC2(CCCC2)C1=O)c1cccs1. The van der Waals surface area contributed by atoms with Gasteiger partial charge in [0.15, 0.2) is 0 Å². The molecule has 7 heteroatoms. The minimum Gasteiger partial charge on any atom is -0.348 e. The fourth-order valence-electron chi connectivity index (χ4n) is 3.87. The summed E-state index contributed by atoms with van der Waals surface area (Å²) in [4.78, 5) is 39.5. The summed E-state index contributed by atoms with van der Waals surface area (Å²) in [5.41, 5.74) is -0.665. The third-order valence-corrected chi connectivity index (χ3v) is 6.28. The molecule has 142 valence electrons. The van der Waals surface area contributed by atoms with Gasteiger partial charge in [-0.25, -0.2) is 4.79 Å². The lowest BCUT2D eigenvalue weighted by molar-refractivity contribution is -0.131. The molecule has 1 saturated carbocycles. The highest BCUT2D eigenvalue weighted by Gasteiger charge is 2.52. The predicted molar refractivity (Wildman–Crippen MR) is 101 cm³/mol. The molecule has 6 nitrogen and oxygen atoms in total. The Kier molecular flexibility index (Phi) is 5.65. The number of amides is 4. The summed E-state index contributed by atoms with van der Waals surface area (Å²) in [5.74, 6) is 0.143. The first-order valence-electron chi connectivity index (χ1n) is 9.40. The third kappa shape index (κ3) is 3.77. The molecular formula is C19H27N3O3S. The van der Waals surface area contributed by atoms with E-state index in [0.29, 0.717) is 25.3 Å². The van der Waals surface area contributed by atoms with Gasteiger partial charge < -0.3 is 10.6 Å². The molecule has 2 heterocycles. The lowest BCUT2D eigenvalue weighted by atomic mass is 9.98. The topological polar surface area (TPSA) is 78.5 Å². The third-order valence-electron chi connectivity index (χ3n) is 5.32. The van der Waals surface area contributed by atoms with Crippen molar-refractivity contribution in [1.29, 1.82) is 0 Å². The van der Waals surface area contributed by atoms with Crippen LogP contribution in [0.3, 0.4) is 0 Å². The highest BCUT2D eigenvalue weighted by Crippen LogP contribution is 2.35. The number of rotatable bonds is 7. The molecule has 2 N–H and O–H groups in total. The summed E-state index contributed by atoms with van der Waals surface area (Å²) in [6, 6.07) is 3.71. The van der Waals surface area contributed by atoms with Gasteiger partial charge in [-0.3, -0.25) is 14.5 Å². The van der Waals surface area contributed by atoms with Gasteiger partial charge in [-0.2, -0.15) is 0 Å². The lowest BCUT2D eigenvalue weighted by Gasteiger charge is -2.22. The summed E-state index contributed by atoms with van der Waals surface area (Å²) < 4.78 is 0. The first-order chi connectivity index (χ1) is 12.4. The Bertz CT molecular complexity index is 666. The van der Waals surface area contributed by atoms with Crippen LogP contribution in [0.4, 0.5) is 4.79 Å². The Morgan fingerprint density at radius 3 is 2.69 bits per heavy atom. The number of thiophene rings is 1. The summed E-state index contributed by atoms with van der Waals surface area (Å²) in [7, 11) is 0. The number of hydrogen-bond acceptors (Lipinski definition) is 4. The Hall–Kier alpha value is -1.89. The van der Waals surface area contributed by atoms with E-state index >= 15 is 0 Å². The quantitative estimate of drug-likeness (QED) is 0.716. The van der Waals surface area contributed by atoms with Gasteiger partial charge in [0.1, 0.15) is 5.54 Å². The van der Waals surface area contributed by atoms with Crippen molar-refractivity contribution in [1.82, 2.24) is 15.5 Å². The maximum Gasteiger partial charge on any atom is 0.325 e. The lowest BCUT2D eigenvalue weighted by Crippen LogP contribution is -2.44. The van der Waals surface area contributed by atoms with Crippen molar-refractivity contribution in [3.05, 3.63) is 22.4 Å². The zero-order valence-electron chi connectivity index (χ0n) is 15.4. The van der Waals surface area contributed by atoms with Crippen molar-refractivity contribution >= 4 is 29.2 Å². The van der Waals surface area contributed by atoms with Crippen molar-refractivity contribution in [2.75, 3.05) is 6.54 Å². The van der Waals surface area contributed by atoms with E-state index in [1.54, 1.807) is 11.3 Å². The highest BCUT2D eigenvalue weighted by atomic mass is 32.1. The van der Waals surface area contributed by atoms with Crippen LogP contribution in [-0.4, -0.2) is 34.8 Å². The number of nitrogens with one attached hydrogen (secondary N) is 2. The van der Waals surface area contributed by atoms with E-state index < -0.39 is 5.54 Å². The van der Waals surface area contributed by atoms with Crippen molar-refractivity contribution < 1.29 is 14.4 Å². The fourth-order valence-corrected chi connectivity index (χ4v) is 4.82. The minimum atomic E-state index is -0.665. The first kappa shape index (κ1) is 18.9. The molecule has 26 heavy (non-hydrogen) atoms. The molecule has 1 spiro atoms. The molecule has 0 radical (unpaired) electrons. The largest absolute Gasteiger partial charge is 0.348 e. The molecule has 2 fully saturated rings. The number of hydrogen-bond donors (Lipinski definition) is 2. The highest BCUT2D eigenvalue weighted by molar-refractivity contribution is 7.10. The summed E-state index contributed by atoms with van der Waals surface area (Å²) >= 11 is 1.64. The van der Waals surface area contributed by atoms with Crippen LogP contribution >= 0.6 is 11.3 Å². The van der Waals surface area contributed by atoms with Crippen LogP contribution in [0.1, 0.15) is 63.3 Å². The maximum absolute atomic E-state index is 12.6. The van der Waals surface area contributed by atoms with Gasteiger partial charge in [0.05, 0.1) is 6.04 Å². The predicted octanol–water partition coefficient (Wildman–Crippen LogP) is 3.21. The van der Waals surface area contributed by atoms with Crippen LogP contribution in [0, 0.1) is 5.92 Å². The summed E-state index contributed by atoms with van der Waals surface area (Å²) in [6.07, 6.45) is 4.19. The van der Waals surface area contributed by atoms with Gasteiger partial charge in [-0.1, -0.05) is 32.8 Å². The van der Waals surface area contributed by atoms with E-state index in [4.69, 9.17) is 0 Å². The van der Waals surface area contributed by atoms with Gasteiger partial charge in [0, 0.05) is 17.8 Å². The van der Waals surface area contributed by atoms with Crippen molar-refractivity contribution in [2.24, 2.45) is 5.92 Å². The Labute approximate surface area is 158 Å². The van der Waals surface area contributed by atoms with Gasteiger partial charge in [0.2, 0.25) is 5.91 Å². The zero-order valence-corrected chi connectivity index (χ0v) is 16.2. The smallest absolute Gasteiger partial charge is 0.325 e. The zero-order chi connectivity index (χ0) is 18.7. The van der Waals surface area contributed by atoms with Gasteiger partial charge >= 0.3 is 6.03 Å². The van der Waals surface area contributed by atoms with E-state index in [-0.39, 0.29) is 23.9 Å². The van der Waals surface area contributed by atoms with Gasteiger partial charge in [0.25, 0.3) is 5.91 Å². The van der Waals surface area contributed by atoms with Crippen molar-refractivity contribution in [3.8, 4) is 0 Å². The summed E-state index contributed by atoms with van der Waals surface area (Å²) in [5, 5.41) is 7.96. The Morgan fingerprint density at radius 2 is 2.08 bits per heavy atom. The molecule has 1 unspecified atom stereocenters. The molecule has 1 saturated heterocycles. The monoisotopic (exact) mass is 377 g/mol. The molecular weight excluding hydrogens is 350 g/mol. The molecule has 0 bridgehead atoms. The van der Waals surface area contributed by atoms with E-state index in [0.717, 1.165) is 30.6 Å². The average Bonchev–Trinajstić information content (AvgIpc) is 3.31. The molecule has 1 atom stereocenters. The second-order valence-corrected chi connectivity index (χ2v) is 8.56. The van der Waals surface area contributed by atoms with Gasteiger partial charge in [-0.15, -0.1) is 11.3 Å². The van der Waals surface area contributed by atoms with Crippen LogP contribution in [0.2, 0.25) is 0 Å². The van der Waals surface area contributed by atoms with Gasteiger partial charge in [-0.05, 0) is 36.6 Å². The molecule has 3 rings (SSSR count). The molecule has 0 aromatic carbocycles. The second kappa shape index (κ2) is 7.78. The molecule has 1 aromatic heterocycles. The molecule has 1 aliphatic heterocycles. The Morgan fingerprint density at radius 1 is 1.35 bits per heavy atom. The normalized spacial score (nSPS) is 20.0. The van der Waals surface area contributed by atoms with Crippen molar-refractivity contribution in [2.45, 2.75) is 64.0 Å². The number of carbonyl (C=O) groups is 3. The number of nitrogens with zero attached hydrogens (tertiary/aromatic N) is 1. The number of carbonyl (C=O) groups excluding carboxylic acids is 3. The maximum atomic E-state index is 12.6. The molecule has 4 amide bonds. The van der Waals surface area contributed by atoms with E-state index in [9.17, 15) is 14.4 Å². The Balaban J connectivity index is 1.49. The number of urea groups is 1. The average molecular weight is 378 g/mol. The summed E-state index contributed by atoms with van der Waals surface area (Å²) in [6.45, 7) is 4.46. The van der Waals surface area contributed by atoms with Crippen LogP contribution in [-0.2, 0) is 9.59 Å².